The van der Waals surface area contributed by atoms with Crippen molar-refractivity contribution in [3.8, 4) is 17.2 Å². The molecule has 36 heavy (non-hydrogen) atoms. The Hall–Kier alpha value is -4.26. The molecule has 7 nitrogen and oxygen atoms in total. The van der Waals surface area contributed by atoms with Crippen LogP contribution in [0.5, 0.6) is 17.2 Å². The Balaban J connectivity index is 1.60. The molecule has 1 atom stereocenters. The van der Waals surface area contributed by atoms with Gasteiger partial charge in [-0.1, -0.05) is 30.3 Å². The predicted octanol–water partition coefficient (Wildman–Crippen LogP) is 5.00. The van der Waals surface area contributed by atoms with Crippen molar-refractivity contribution in [2.75, 3.05) is 27.4 Å². The average molecular weight is 486 g/mol. The number of ether oxygens (including phenoxy) is 3. The molecule has 0 aliphatic carbocycles. The molecule has 1 unspecified atom stereocenters. The molecule has 1 aliphatic heterocycles. The van der Waals surface area contributed by atoms with Crippen LogP contribution in [0.3, 0.4) is 0 Å². The fourth-order valence-electron chi connectivity index (χ4n) is 4.72. The lowest BCUT2D eigenvalue weighted by molar-refractivity contribution is 0.0730. The summed E-state index contributed by atoms with van der Waals surface area (Å²) in [6, 6.07) is 19.6. The third-order valence-corrected chi connectivity index (χ3v) is 6.48. The minimum absolute atomic E-state index is 0.0892. The van der Waals surface area contributed by atoms with Crippen molar-refractivity contribution >= 4 is 16.9 Å². The number of rotatable bonds is 8. The Labute approximate surface area is 208 Å². The van der Waals surface area contributed by atoms with Crippen LogP contribution in [0.1, 0.15) is 40.2 Å². The van der Waals surface area contributed by atoms with E-state index in [0.29, 0.717) is 47.6 Å². The molecular weight excluding hydrogens is 458 g/mol. The fraction of sp³-hybridized carbons (Fsp3) is 0.241. The molecule has 4 aromatic rings. The van der Waals surface area contributed by atoms with Crippen LogP contribution in [-0.4, -0.2) is 38.2 Å². The Morgan fingerprint density at radius 3 is 2.42 bits per heavy atom. The molecule has 2 heterocycles. The molecule has 3 aromatic carbocycles. The van der Waals surface area contributed by atoms with Gasteiger partial charge in [0.15, 0.2) is 16.9 Å². The van der Waals surface area contributed by atoms with Gasteiger partial charge in [0.05, 0.1) is 37.8 Å². The average Bonchev–Trinajstić information content (AvgIpc) is 3.19. The number of carbonyl (C=O) groups is 1. The predicted molar refractivity (Wildman–Crippen MR) is 136 cm³/mol. The van der Waals surface area contributed by atoms with Crippen molar-refractivity contribution in [2.24, 2.45) is 0 Å². The van der Waals surface area contributed by atoms with E-state index in [1.165, 1.54) is 0 Å². The summed E-state index contributed by atoms with van der Waals surface area (Å²) in [5, 5.41) is 0.448. The van der Waals surface area contributed by atoms with Crippen LogP contribution in [0, 0.1) is 0 Å². The van der Waals surface area contributed by atoms with Gasteiger partial charge in [-0.2, -0.15) is 0 Å². The van der Waals surface area contributed by atoms with Gasteiger partial charge in [-0.25, -0.2) is 0 Å². The second kappa shape index (κ2) is 9.77. The van der Waals surface area contributed by atoms with Crippen LogP contribution >= 0.6 is 0 Å². The van der Waals surface area contributed by atoms with Crippen molar-refractivity contribution in [1.29, 1.82) is 0 Å². The van der Waals surface area contributed by atoms with Crippen LogP contribution in [0.2, 0.25) is 0 Å². The molecule has 0 fully saturated rings. The van der Waals surface area contributed by atoms with Crippen molar-refractivity contribution in [1.82, 2.24) is 4.90 Å². The minimum atomic E-state index is -0.615. The van der Waals surface area contributed by atoms with E-state index in [1.807, 2.05) is 49.4 Å². The summed E-state index contributed by atoms with van der Waals surface area (Å²) >= 11 is 0. The molecular formula is C29H27NO6. The maximum atomic E-state index is 13.7. The number of hydrogen-bond donors (Lipinski definition) is 0. The van der Waals surface area contributed by atoms with Crippen molar-refractivity contribution in [3.63, 3.8) is 0 Å². The lowest BCUT2D eigenvalue weighted by Crippen LogP contribution is -2.31. The molecule has 0 N–H and O–H groups in total. The zero-order chi connectivity index (χ0) is 25.2. The first kappa shape index (κ1) is 23.5. The molecule has 7 heteroatoms. The van der Waals surface area contributed by atoms with E-state index in [1.54, 1.807) is 43.4 Å². The van der Waals surface area contributed by atoms with Crippen LogP contribution in [-0.2, 0) is 6.42 Å². The van der Waals surface area contributed by atoms with Crippen LogP contribution in [0.4, 0.5) is 0 Å². The summed E-state index contributed by atoms with van der Waals surface area (Å²) in [6.07, 6.45) is 0.599. The minimum Gasteiger partial charge on any atom is -0.497 e. The summed E-state index contributed by atoms with van der Waals surface area (Å²) in [4.78, 5) is 29.0. The third-order valence-electron chi connectivity index (χ3n) is 6.48. The van der Waals surface area contributed by atoms with E-state index in [2.05, 4.69) is 0 Å². The number of nitrogens with zero attached hydrogens (tertiary/aromatic N) is 1. The number of fused-ring (bicyclic) bond motifs is 2. The fourth-order valence-corrected chi connectivity index (χ4v) is 4.72. The van der Waals surface area contributed by atoms with Gasteiger partial charge in [0, 0.05) is 6.54 Å². The Bertz CT molecular complexity index is 1470. The first-order valence-corrected chi connectivity index (χ1v) is 11.9. The summed E-state index contributed by atoms with van der Waals surface area (Å²) < 4.78 is 22.5. The molecule has 0 spiro atoms. The summed E-state index contributed by atoms with van der Waals surface area (Å²) in [7, 11) is 3.19. The summed E-state index contributed by atoms with van der Waals surface area (Å²) in [5.41, 5.74) is 2.34. The van der Waals surface area contributed by atoms with Gasteiger partial charge in [0.1, 0.15) is 11.3 Å². The normalized spacial score (nSPS) is 14.7. The standard InChI is InChI=1S/C29H27NO6/c1-4-35-23-14-11-19(17-24(23)34-3)26-25-27(31)21-7-5-6-8-22(21)36-28(25)29(32)30(26)16-15-18-9-12-20(33-2)13-10-18/h5-14,17,26H,4,15-16H2,1-3H3. The summed E-state index contributed by atoms with van der Waals surface area (Å²) in [5.74, 6) is 1.69. The van der Waals surface area contributed by atoms with E-state index in [0.717, 1.165) is 16.9 Å². The molecule has 1 aliphatic rings. The highest BCUT2D eigenvalue weighted by molar-refractivity contribution is 5.99. The first-order valence-electron chi connectivity index (χ1n) is 11.9. The number of hydrogen-bond acceptors (Lipinski definition) is 6. The van der Waals surface area contributed by atoms with E-state index in [4.69, 9.17) is 18.6 Å². The highest BCUT2D eigenvalue weighted by Crippen LogP contribution is 2.41. The van der Waals surface area contributed by atoms with E-state index in [-0.39, 0.29) is 17.1 Å². The van der Waals surface area contributed by atoms with E-state index >= 15 is 0 Å². The highest BCUT2D eigenvalue weighted by Gasteiger charge is 2.42. The van der Waals surface area contributed by atoms with Gasteiger partial charge in [0.25, 0.3) is 5.91 Å². The van der Waals surface area contributed by atoms with E-state index in [9.17, 15) is 9.59 Å². The molecule has 1 aromatic heterocycles. The molecule has 0 saturated carbocycles. The molecule has 184 valence electrons. The smallest absolute Gasteiger partial charge is 0.290 e. The number of carbonyl (C=O) groups excluding carboxylic acids is 1. The Morgan fingerprint density at radius 2 is 1.69 bits per heavy atom. The van der Waals surface area contributed by atoms with Gasteiger partial charge in [0.2, 0.25) is 5.76 Å². The zero-order valence-electron chi connectivity index (χ0n) is 20.4. The topological polar surface area (TPSA) is 78.2 Å². The lowest BCUT2D eigenvalue weighted by atomic mass is 9.97. The van der Waals surface area contributed by atoms with Crippen LogP contribution in [0.25, 0.3) is 11.0 Å². The van der Waals surface area contributed by atoms with Gasteiger partial charge in [-0.15, -0.1) is 0 Å². The van der Waals surface area contributed by atoms with Crippen LogP contribution < -0.4 is 19.6 Å². The van der Waals surface area contributed by atoms with Gasteiger partial charge >= 0.3 is 0 Å². The Kier molecular flexibility index (Phi) is 6.38. The van der Waals surface area contributed by atoms with Crippen molar-refractivity contribution in [2.45, 2.75) is 19.4 Å². The number of amides is 1. The summed E-state index contributed by atoms with van der Waals surface area (Å²) in [6.45, 7) is 2.78. The quantitative estimate of drug-likeness (QED) is 0.350. The monoisotopic (exact) mass is 485 g/mol. The SMILES string of the molecule is CCOc1ccc(C2c3c(oc4ccccc4c3=O)C(=O)N2CCc2ccc(OC)cc2)cc1OC. The first-order chi connectivity index (χ1) is 17.5. The molecule has 0 radical (unpaired) electrons. The maximum Gasteiger partial charge on any atom is 0.290 e. The third kappa shape index (κ3) is 4.06. The second-order valence-electron chi connectivity index (χ2n) is 8.51. The zero-order valence-corrected chi connectivity index (χ0v) is 20.4. The maximum absolute atomic E-state index is 13.7. The molecule has 5 rings (SSSR count). The second-order valence-corrected chi connectivity index (χ2v) is 8.51. The lowest BCUT2D eigenvalue weighted by Gasteiger charge is -2.26. The van der Waals surface area contributed by atoms with Gasteiger partial charge in [-0.05, 0) is 60.9 Å². The number of methoxy groups -OCH3 is 2. The Morgan fingerprint density at radius 1 is 0.917 bits per heavy atom. The van der Waals surface area contributed by atoms with Crippen LogP contribution in [0.15, 0.2) is 75.9 Å². The van der Waals surface area contributed by atoms with Gasteiger partial charge in [-0.3, -0.25) is 9.59 Å². The number of benzene rings is 3. The largest absolute Gasteiger partial charge is 0.497 e. The number of para-hydroxylation sites is 1. The molecule has 0 saturated heterocycles. The van der Waals surface area contributed by atoms with Crippen molar-refractivity contribution < 1.29 is 23.4 Å². The molecule has 1 amide bonds. The van der Waals surface area contributed by atoms with Crippen molar-refractivity contribution in [3.05, 3.63) is 99.4 Å². The van der Waals surface area contributed by atoms with E-state index < -0.39 is 6.04 Å². The molecule has 0 bridgehead atoms. The van der Waals surface area contributed by atoms with Gasteiger partial charge < -0.3 is 23.5 Å². The highest BCUT2D eigenvalue weighted by atomic mass is 16.5.